The number of carbonyl (C=O) groups is 1. The predicted molar refractivity (Wildman–Crippen MR) is 99.1 cm³/mol. The van der Waals surface area contributed by atoms with Crippen LogP contribution < -0.4 is 4.74 Å². The van der Waals surface area contributed by atoms with Crippen LogP contribution in [-0.4, -0.2) is 64.1 Å². The Labute approximate surface area is 154 Å². The molecule has 2 fully saturated rings. The average molecular weight is 354 g/mol. The predicted octanol–water partition coefficient (Wildman–Crippen LogP) is 2.04. The zero-order valence-corrected chi connectivity index (χ0v) is 15.5. The number of amides is 1. The number of likely N-dealkylation sites (tertiary alicyclic amines) is 2. The fourth-order valence-corrected chi connectivity index (χ4v) is 4.21. The number of ether oxygens (including phenoxy) is 1. The third-order valence-electron chi connectivity index (χ3n) is 5.88. The fourth-order valence-electron chi connectivity index (χ4n) is 4.21. The van der Waals surface area contributed by atoms with E-state index in [9.17, 15) is 4.79 Å². The Balaban J connectivity index is 1.36. The van der Waals surface area contributed by atoms with Crippen molar-refractivity contribution in [3.63, 3.8) is 0 Å². The van der Waals surface area contributed by atoms with E-state index < -0.39 is 0 Å². The van der Waals surface area contributed by atoms with Crippen LogP contribution in [0.1, 0.15) is 23.3 Å². The first kappa shape index (κ1) is 17.1. The van der Waals surface area contributed by atoms with E-state index in [4.69, 9.17) is 4.74 Å². The average Bonchev–Trinajstić information content (AvgIpc) is 3.05. The lowest BCUT2D eigenvalue weighted by Crippen LogP contribution is -2.72. The number of hydrogen-bond donors (Lipinski definition) is 0. The van der Waals surface area contributed by atoms with Gasteiger partial charge in [0.05, 0.1) is 12.1 Å². The molecule has 0 bridgehead atoms. The van der Waals surface area contributed by atoms with Gasteiger partial charge in [-0.25, -0.2) is 4.98 Å². The smallest absolute Gasteiger partial charge is 0.270 e. The SMILES string of the molecule is CN1CC[C@@H](COc2ccccn2)CC12CN(C(=O)c1cccn1C)C2. The minimum atomic E-state index is 0.0945. The van der Waals surface area contributed by atoms with Crippen LogP contribution in [0.15, 0.2) is 42.7 Å². The Morgan fingerprint density at radius 2 is 2.12 bits per heavy atom. The number of pyridine rings is 1. The first-order chi connectivity index (χ1) is 12.6. The normalized spacial score (nSPS) is 22.2. The Morgan fingerprint density at radius 3 is 2.81 bits per heavy atom. The summed E-state index contributed by atoms with van der Waals surface area (Å²) in [5.74, 6) is 1.32. The third-order valence-corrected chi connectivity index (χ3v) is 5.88. The number of nitrogens with zero attached hydrogens (tertiary/aromatic N) is 4. The van der Waals surface area contributed by atoms with Gasteiger partial charge < -0.3 is 14.2 Å². The Morgan fingerprint density at radius 1 is 1.27 bits per heavy atom. The van der Waals surface area contributed by atoms with Crippen LogP contribution in [0.5, 0.6) is 5.88 Å². The van der Waals surface area contributed by atoms with E-state index in [1.165, 1.54) is 0 Å². The maximum absolute atomic E-state index is 12.7. The van der Waals surface area contributed by atoms with Crippen molar-refractivity contribution < 1.29 is 9.53 Å². The second-order valence-corrected chi connectivity index (χ2v) is 7.65. The number of rotatable bonds is 4. The van der Waals surface area contributed by atoms with Crippen LogP contribution in [0, 0.1) is 5.92 Å². The first-order valence-electron chi connectivity index (χ1n) is 9.23. The summed E-state index contributed by atoms with van der Waals surface area (Å²) in [7, 11) is 4.10. The van der Waals surface area contributed by atoms with Crippen molar-refractivity contribution in [1.82, 2.24) is 19.4 Å². The minimum Gasteiger partial charge on any atom is -0.477 e. The Hall–Kier alpha value is -2.34. The van der Waals surface area contributed by atoms with Crippen molar-refractivity contribution in [2.24, 2.45) is 13.0 Å². The first-order valence-corrected chi connectivity index (χ1v) is 9.23. The monoisotopic (exact) mass is 354 g/mol. The zero-order valence-electron chi connectivity index (χ0n) is 15.5. The molecule has 1 spiro atoms. The summed E-state index contributed by atoms with van der Waals surface area (Å²) < 4.78 is 7.77. The number of likely N-dealkylation sites (N-methyl/N-ethyl adjacent to an activating group) is 1. The highest BCUT2D eigenvalue weighted by atomic mass is 16.5. The van der Waals surface area contributed by atoms with E-state index in [1.807, 2.05) is 53.0 Å². The molecule has 2 aromatic heterocycles. The van der Waals surface area contributed by atoms with Gasteiger partial charge in [-0.05, 0) is 50.6 Å². The maximum atomic E-state index is 12.7. The van der Waals surface area contributed by atoms with Gasteiger partial charge in [0.15, 0.2) is 0 Å². The molecule has 6 nitrogen and oxygen atoms in total. The lowest BCUT2D eigenvalue weighted by molar-refractivity contribution is -0.0698. The molecule has 0 aromatic carbocycles. The highest BCUT2D eigenvalue weighted by Gasteiger charge is 2.51. The summed E-state index contributed by atoms with van der Waals surface area (Å²) in [5, 5.41) is 0. The van der Waals surface area contributed by atoms with Gasteiger partial charge in [-0.15, -0.1) is 0 Å². The van der Waals surface area contributed by atoms with Gasteiger partial charge in [0.25, 0.3) is 5.91 Å². The van der Waals surface area contributed by atoms with Gasteiger partial charge in [0.1, 0.15) is 5.69 Å². The summed E-state index contributed by atoms with van der Waals surface area (Å²) in [5.41, 5.74) is 0.852. The molecule has 1 amide bonds. The number of aryl methyl sites for hydroxylation is 1. The summed E-state index contributed by atoms with van der Waals surface area (Å²) in [6.07, 6.45) is 5.86. The summed E-state index contributed by atoms with van der Waals surface area (Å²) >= 11 is 0. The largest absolute Gasteiger partial charge is 0.477 e. The molecule has 2 aliphatic rings. The number of piperidine rings is 1. The van der Waals surface area contributed by atoms with Crippen molar-refractivity contribution >= 4 is 5.91 Å². The molecule has 0 N–H and O–H groups in total. The van der Waals surface area contributed by atoms with Crippen LogP contribution >= 0.6 is 0 Å². The van der Waals surface area contributed by atoms with E-state index in [2.05, 4.69) is 16.9 Å². The second kappa shape index (κ2) is 6.76. The molecule has 2 saturated heterocycles. The van der Waals surface area contributed by atoms with Gasteiger partial charge in [-0.3, -0.25) is 9.69 Å². The van der Waals surface area contributed by atoms with Gasteiger partial charge in [-0.2, -0.15) is 0 Å². The van der Waals surface area contributed by atoms with Gasteiger partial charge in [0, 0.05) is 38.6 Å². The Bertz CT molecular complexity index is 767. The van der Waals surface area contributed by atoms with Crippen molar-refractivity contribution in [2.45, 2.75) is 18.4 Å². The highest BCUT2D eigenvalue weighted by molar-refractivity contribution is 5.93. The molecule has 4 heterocycles. The van der Waals surface area contributed by atoms with Gasteiger partial charge in [-0.1, -0.05) is 6.07 Å². The van der Waals surface area contributed by atoms with Crippen LogP contribution in [-0.2, 0) is 7.05 Å². The maximum Gasteiger partial charge on any atom is 0.270 e. The third kappa shape index (κ3) is 3.09. The topological polar surface area (TPSA) is 50.6 Å². The standard InChI is InChI=1S/C20H26N4O2/c1-22-10-5-6-17(22)19(25)24-14-20(15-24)12-16(8-11-23(20)2)13-26-18-7-3-4-9-21-18/h3-7,9-10,16H,8,11-15H2,1-2H3/t16-/m1/s1. The second-order valence-electron chi connectivity index (χ2n) is 7.65. The van der Waals surface area contributed by atoms with Crippen LogP contribution in [0.3, 0.4) is 0 Å². The fraction of sp³-hybridized carbons (Fsp3) is 0.500. The molecular weight excluding hydrogens is 328 g/mol. The molecule has 1 atom stereocenters. The van der Waals surface area contributed by atoms with Crippen molar-refractivity contribution in [2.75, 3.05) is 33.3 Å². The van der Waals surface area contributed by atoms with Crippen molar-refractivity contribution in [3.05, 3.63) is 48.4 Å². The Kier molecular flexibility index (Phi) is 4.44. The van der Waals surface area contributed by atoms with E-state index in [0.29, 0.717) is 18.4 Å². The molecule has 138 valence electrons. The quantitative estimate of drug-likeness (QED) is 0.843. The molecular formula is C20H26N4O2. The van der Waals surface area contributed by atoms with Crippen LogP contribution in [0.2, 0.25) is 0 Å². The van der Waals surface area contributed by atoms with E-state index in [1.54, 1.807) is 6.20 Å². The molecule has 0 radical (unpaired) electrons. The summed E-state index contributed by atoms with van der Waals surface area (Å²) in [6, 6.07) is 9.54. The molecule has 0 saturated carbocycles. The zero-order chi connectivity index (χ0) is 18.1. The molecule has 0 unspecified atom stereocenters. The van der Waals surface area contributed by atoms with E-state index in [0.717, 1.165) is 38.2 Å². The minimum absolute atomic E-state index is 0.0945. The van der Waals surface area contributed by atoms with Gasteiger partial charge in [0.2, 0.25) is 5.88 Å². The highest BCUT2D eigenvalue weighted by Crippen LogP contribution is 2.38. The van der Waals surface area contributed by atoms with Crippen LogP contribution in [0.25, 0.3) is 0 Å². The lowest BCUT2D eigenvalue weighted by atomic mass is 9.75. The molecule has 4 rings (SSSR count). The van der Waals surface area contributed by atoms with Crippen molar-refractivity contribution in [1.29, 1.82) is 0 Å². The molecule has 0 aliphatic carbocycles. The van der Waals surface area contributed by atoms with Crippen molar-refractivity contribution in [3.8, 4) is 5.88 Å². The molecule has 2 aromatic rings. The number of hydrogen-bond acceptors (Lipinski definition) is 4. The number of carbonyl (C=O) groups excluding carboxylic acids is 1. The summed E-state index contributed by atoms with van der Waals surface area (Å²) in [6.45, 7) is 3.34. The van der Waals surface area contributed by atoms with Gasteiger partial charge >= 0.3 is 0 Å². The van der Waals surface area contributed by atoms with E-state index in [-0.39, 0.29) is 11.4 Å². The summed E-state index contributed by atoms with van der Waals surface area (Å²) in [4.78, 5) is 21.3. The van der Waals surface area contributed by atoms with E-state index >= 15 is 0 Å². The molecule has 26 heavy (non-hydrogen) atoms. The molecule has 2 aliphatic heterocycles. The lowest BCUT2D eigenvalue weighted by Gasteiger charge is -2.58. The van der Waals surface area contributed by atoms with Crippen LogP contribution in [0.4, 0.5) is 0 Å². The molecule has 6 heteroatoms. The number of aromatic nitrogens is 2.